The minimum atomic E-state index is 0.556. The van der Waals surface area contributed by atoms with Crippen LogP contribution in [-0.2, 0) is 0 Å². The summed E-state index contributed by atoms with van der Waals surface area (Å²) < 4.78 is 12.5. The molecule has 3 heterocycles. The lowest BCUT2D eigenvalue weighted by Gasteiger charge is -2.11. The second-order valence-corrected chi connectivity index (χ2v) is 10.7. The SMILES string of the molecule is c1ccc(-c2nc(-c3cc4nc(-c5ccccc5)oc4c4ccccc34)nc(-c3cccc4oc5ccccc5c34)n2)cc1. The summed E-state index contributed by atoms with van der Waals surface area (Å²) in [5.41, 5.74) is 6.64. The van der Waals surface area contributed by atoms with Crippen LogP contribution in [0.5, 0.6) is 0 Å². The molecule has 6 heteroatoms. The number of furan rings is 1. The van der Waals surface area contributed by atoms with Crippen molar-refractivity contribution in [2.75, 3.05) is 0 Å². The standard InChI is InChI=1S/C38H22N4O2/c1-3-12-23(13-4-1)35-40-36(28-19-11-21-32-33(28)27-18-9-10-20-31(27)43-32)42-37(41-35)29-22-30-34(26-17-8-7-16-25(26)29)44-38(39-30)24-14-5-2-6-15-24/h1-22H. The summed E-state index contributed by atoms with van der Waals surface area (Å²) in [5, 5.41) is 3.91. The van der Waals surface area contributed by atoms with Gasteiger partial charge in [-0.3, -0.25) is 0 Å². The molecule has 0 aliphatic heterocycles. The van der Waals surface area contributed by atoms with E-state index in [9.17, 15) is 0 Å². The Bertz CT molecular complexity index is 2500. The smallest absolute Gasteiger partial charge is 0.227 e. The first-order chi connectivity index (χ1) is 21.8. The van der Waals surface area contributed by atoms with Crippen LogP contribution in [0.25, 0.3) is 89.4 Å². The van der Waals surface area contributed by atoms with Gasteiger partial charge in [0.25, 0.3) is 0 Å². The van der Waals surface area contributed by atoms with Crippen molar-refractivity contribution in [2.45, 2.75) is 0 Å². The molecule has 0 unspecified atom stereocenters. The lowest BCUT2D eigenvalue weighted by atomic mass is 10.0. The van der Waals surface area contributed by atoms with Crippen LogP contribution >= 0.6 is 0 Å². The predicted octanol–water partition coefficient (Wildman–Crippen LogP) is 9.73. The Hall–Kier alpha value is -6.14. The largest absolute Gasteiger partial charge is 0.456 e. The zero-order chi connectivity index (χ0) is 29.0. The number of oxazole rings is 1. The van der Waals surface area contributed by atoms with Gasteiger partial charge >= 0.3 is 0 Å². The van der Waals surface area contributed by atoms with Crippen LogP contribution in [0, 0.1) is 0 Å². The molecule has 0 bridgehead atoms. The quantitative estimate of drug-likeness (QED) is 0.211. The fraction of sp³-hybridized carbons (Fsp3) is 0. The number of para-hydroxylation sites is 1. The van der Waals surface area contributed by atoms with Crippen LogP contribution in [0.1, 0.15) is 0 Å². The number of nitrogens with zero attached hydrogens (tertiary/aromatic N) is 4. The maximum Gasteiger partial charge on any atom is 0.227 e. The van der Waals surface area contributed by atoms with Gasteiger partial charge in [0.15, 0.2) is 23.1 Å². The molecule has 206 valence electrons. The highest BCUT2D eigenvalue weighted by atomic mass is 16.3. The molecule has 0 spiro atoms. The molecule has 0 saturated carbocycles. The lowest BCUT2D eigenvalue weighted by molar-refractivity contribution is 0.623. The number of fused-ring (bicyclic) bond motifs is 6. The molecule has 0 aliphatic rings. The first-order valence-electron chi connectivity index (χ1n) is 14.4. The van der Waals surface area contributed by atoms with Gasteiger partial charge in [-0.25, -0.2) is 19.9 Å². The van der Waals surface area contributed by atoms with E-state index in [1.807, 2.05) is 115 Å². The Labute approximate surface area is 251 Å². The first-order valence-corrected chi connectivity index (χ1v) is 14.4. The maximum absolute atomic E-state index is 6.35. The van der Waals surface area contributed by atoms with E-state index in [2.05, 4.69) is 18.2 Å². The van der Waals surface area contributed by atoms with Crippen molar-refractivity contribution < 1.29 is 8.83 Å². The van der Waals surface area contributed by atoms with Gasteiger partial charge in [0, 0.05) is 38.4 Å². The van der Waals surface area contributed by atoms with E-state index < -0.39 is 0 Å². The summed E-state index contributed by atoms with van der Waals surface area (Å²) in [7, 11) is 0. The van der Waals surface area contributed by atoms with Gasteiger partial charge in [-0.1, -0.05) is 103 Å². The average molecular weight is 567 g/mol. The molecule has 0 fully saturated rings. The highest BCUT2D eigenvalue weighted by molar-refractivity contribution is 6.12. The second kappa shape index (κ2) is 9.71. The summed E-state index contributed by atoms with van der Waals surface area (Å²) in [6, 6.07) is 44.2. The number of benzene rings is 6. The third kappa shape index (κ3) is 3.89. The minimum absolute atomic E-state index is 0.556. The van der Waals surface area contributed by atoms with Crippen LogP contribution in [0.2, 0.25) is 0 Å². The molecule has 6 aromatic carbocycles. The molecule has 0 N–H and O–H groups in total. The molecule has 0 radical (unpaired) electrons. The summed E-state index contributed by atoms with van der Waals surface area (Å²) >= 11 is 0. The Kier molecular flexibility index (Phi) is 5.40. The van der Waals surface area contributed by atoms with Crippen molar-refractivity contribution >= 4 is 43.8 Å². The number of aromatic nitrogens is 4. The summed E-state index contributed by atoms with van der Waals surface area (Å²) in [6.07, 6.45) is 0. The van der Waals surface area contributed by atoms with Crippen molar-refractivity contribution in [1.82, 2.24) is 19.9 Å². The summed E-state index contributed by atoms with van der Waals surface area (Å²) in [5.74, 6) is 2.29. The monoisotopic (exact) mass is 566 g/mol. The molecule has 0 amide bonds. The van der Waals surface area contributed by atoms with Crippen molar-refractivity contribution in [3.63, 3.8) is 0 Å². The van der Waals surface area contributed by atoms with Crippen LogP contribution < -0.4 is 0 Å². The molecule has 0 aliphatic carbocycles. The van der Waals surface area contributed by atoms with Crippen LogP contribution in [-0.4, -0.2) is 19.9 Å². The Morgan fingerprint density at radius 3 is 1.82 bits per heavy atom. The zero-order valence-corrected chi connectivity index (χ0v) is 23.3. The molecule has 6 nitrogen and oxygen atoms in total. The van der Waals surface area contributed by atoms with E-state index in [1.54, 1.807) is 0 Å². The van der Waals surface area contributed by atoms with Gasteiger partial charge in [-0.05, 0) is 35.7 Å². The van der Waals surface area contributed by atoms with Crippen molar-refractivity contribution in [3.8, 4) is 45.6 Å². The Balaban J connectivity index is 1.33. The van der Waals surface area contributed by atoms with E-state index in [0.717, 1.165) is 66.1 Å². The average Bonchev–Trinajstić information content (AvgIpc) is 3.71. The van der Waals surface area contributed by atoms with Gasteiger partial charge in [0.1, 0.15) is 16.7 Å². The van der Waals surface area contributed by atoms with Gasteiger partial charge < -0.3 is 8.83 Å². The second-order valence-electron chi connectivity index (χ2n) is 10.7. The maximum atomic E-state index is 6.35. The van der Waals surface area contributed by atoms with Gasteiger partial charge in [0.05, 0.1) is 0 Å². The number of rotatable bonds is 4. The van der Waals surface area contributed by atoms with E-state index in [0.29, 0.717) is 23.4 Å². The molecular weight excluding hydrogens is 544 g/mol. The molecule has 3 aromatic heterocycles. The van der Waals surface area contributed by atoms with Gasteiger partial charge in [-0.2, -0.15) is 0 Å². The Morgan fingerprint density at radius 2 is 1.02 bits per heavy atom. The third-order valence-electron chi connectivity index (χ3n) is 7.97. The van der Waals surface area contributed by atoms with E-state index in [-0.39, 0.29) is 0 Å². The third-order valence-corrected chi connectivity index (χ3v) is 7.97. The summed E-state index contributed by atoms with van der Waals surface area (Å²) in [6.45, 7) is 0. The highest BCUT2D eigenvalue weighted by Gasteiger charge is 2.21. The van der Waals surface area contributed by atoms with Crippen LogP contribution in [0.15, 0.2) is 142 Å². The Morgan fingerprint density at radius 1 is 0.409 bits per heavy atom. The zero-order valence-electron chi connectivity index (χ0n) is 23.3. The molecule has 0 atom stereocenters. The predicted molar refractivity (Wildman–Crippen MR) is 174 cm³/mol. The molecule has 0 saturated heterocycles. The van der Waals surface area contributed by atoms with E-state index in [4.69, 9.17) is 28.8 Å². The van der Waals surface area contributed by atoms with Gasteiger partial charge in [0.2, 0.25) is 5.89 Å². The van der Waals surface area contributed by atoms with Crippen molar-refractivity contribution in [1.29, 1.82) is 0 Å². The van der Waals surface area contributed by atoms with Crippen LogP contribution in [0.3, 0.4) is 0 Å². The molecule has 44 heavy (non-hydrogen) atoms. The minimum Gasteiger partial charge on any atom is -0.456 e. The molecule has 9 aromatic rings. The first kappa shape index (κ1) is 24.5. The molecule has 9 rings (SSSR count). The van der Waals surface area contributed by atoms with Crippen molar-refractivity contribution in [3.05, 3.63) is 133 Å². The van der Waals surface area contributed by atoms with Crippen molar-refractivity contribution in [2.24, 2.45) is 0 Å². The fourth-order valence-corrected chi connectivity index (χ4v) is 5.94. The van der Waals surface area contributed by atoms with E-state index >= 15 is 0 Å². The van der Waals surface area contributed by atoms with Gasteiger partial charge in [-0.15, -0.1) is 0 Å². The summed E-state index contributed by atoms with van der Waals surface area (Å²) in [4.78, 5) is 20.1. The molecular formula is C38H22N4O2. The number of hydrogen-bond donors (Lipinski definition) is 0. The highest BCUT2D eigenvalue weighted by Crippen LogP contribution is 2.39. The lowest BCUT2D eigenvalue weighted by Crippen LogP contribution is -2.01. The number of hydrogen-bond acceptors (Lipinski definition) is 6. The topological polar surface area (TPSA) is 77.8 Å². The fourth-order valence-electron chi connectivity index (χ4n) is 5.94. The van der Waals surface area contributed by atoms with E-state index in [1.165, 1.54) is 0 Å². The normalized spacial score (nSPS) is 11.6. The van der Waals surface area contributed by atoms with Crippen LogP contribution in [0.4, 0.5) is 0 Å².